The number of halogens is 2. The van der Waals surface area contributed by atoms with E-state index >= 15 is 0 Å². The molecule has 0 saturated heterocycles. The molecule has 1 N–H and O–H groups in total. The molecule has 0 saturated carbocycles. The van der Waals surface area contributed by atoms with Crippen molar-refractivity contribution in [2.75, 3.05) is 17.4 Å². The summed E-state index contributed by atoms with van der Waals surface area (Å²) < 4.78 is 28.7. The number of nitrogens with zero attached hydrogens (tertiary/aromatic N) is 2. The number of hydrogen-bond acceptors (Lipinski definition) is 4. The fourth-order valence-electron chi connectivity index (χ4n) is 4.00. The number of carbonyl (C=O) groups excluding carboxylic acids is 2. The lowest BCUT2D eigenvalue weighted by molar-refractivity contribution is -0.140. The molecular weight excluding hydrogens is 545 g/mol. The van der Waals surface area contributed by atoms with Gasteiger partial charge in [-0.2, -0.15) is 0 Å². The van der Waals surface area contributed by atoms with Crippen molar-refractivity contribution in [3.8, 4) is 0 Å². The maximum Gasteiger partial charge on any atom is 0.264 e. The average molecular weight is 577 g/mol. The van der Waals surface area contributed by atoms with E-state index in [1.165, 1.54) is 35.2 Å². The topological polar surface area (TPSA) is 86.8 Å². The minimum absolute atomic E-state index is 0.0207. The highest BCUT2D eigenvalue weighted by atomic mass is 35.5. The van der Waals surface area contributed by atoms with Crippen molar-refractivity contribution in [3.05, 3.63) is 94.0 Å². The molecule has 3 aromatic rings. The molecule has 2 amide bonds. The highest BCUT2D eigenvalue weighted by molar-refractivity contribution is 7.92. The van der Waals surface area contributed by atoms with Gasteiger partial charge >= 0.3 is 0 Å². The molecule has 0 aliphatic rings. The number of amides is 2. The van der Waals surface area contributed by atoms with E-state index in [1.807, 2.05) is 44.2 Å². The van der Waals surface area contributed by atoms with Crippen LogP contribution in [-0.4, -0.2) is 44.3 Å². The fraction of sp³-hybridized carbons (Fsp3) is 0.286. The number of aryl methyl sites for hydroxylation is 1. The molecule has 0 heterocycles. The Morgan fingerprint density at radius 1 is 0.921 bits per heavy atom. The molecule has 0 bridgehead atoms. The van der Waals surface area contributed by atoms with E-state index in [-0.39, 0.29) is 33.1 Å². The second-order valence-electron chi connectivity index (χ2n) is 8.75. The highest BCUT2D eigenvalue weighted by Gasteiger charge is 2.33. The number of anilines is 1. The van der Waals surface area contributed by atoms with Crippen molar-refractivity contribution in [2.24, 2.45) is 0 Å². The molecule has 38 heavy (non-hydrogen) atoms. The Hall–Kier alpha value is -3.07. The van der Waals surface area contributed by atoms with E-state index in [0.29, 0.717) is 13.0 Å². The third-order valence-electron chi connectivity index (χ3n) is 6.01. The number of benzene rings is 3. The second kappa shape index (κ2) is 13.1. The first-order valence-electron chi connectivity index (χ1n) is 12.2. The molecule has 202 valence electrons. The minimum atomic E-state index is -4.18. The number of rotatable bonds is 11. The van der Waals surface area contributed by atoms with Crippen molar-refractivity contribution in [3.63, 3.8) is 0 Å². The zero-order valence-corrected chi connectivity index (χ0v) is 23.9. The van der Waals surface area contributed by atoms with Crippen LogP contribution in [0.4, 0.5) is 5.69 Å². The van der Waals surface area contributed by atoms with Crippen molar-refractivity contribution < 1.29 is 18.0 Å². The van der Waals surface area contributed by atoms with Crippen molar-refractivity contribution >= 4 is 50.7 Å². The lowest BCUT2D eigenvalue weighted by atomic mass is 10.1. The van der Waals surface area contributed by atoms with E-state index in [0.717, 1.165) is 15.4 Å². The van der Waals surface area contributed by atoms with Gasteiger partial charge in [0.15, 0.2) is 0 Å². The van der Waals surface area contributed by atoms with E-state index < -0.39 is 28.5 Å². The number of nitrogens with one attached hydrogen (secondary N) is 1. The predicted octanol–water partition coefficient (Wildman–Crippen LogP) is 5.44. The molecule has 0 aromatic heterocycles. The van der Waals surface area contributed by atoms with E-state index in [4.69, 9.17) is 23.2 Å². The van der Waals surface area contributed by atoms with Crippen LogP contribution in [0, 0.1) is 6.92 Å². The quantitative estimate of drug-likeness (QED) is 0.330. The number of sulfonamides is 1. The van der Waals surface area contributed by atoms with Gasteiger partial charge in [-0.25, -0.2) is 8.42 Å². The van der Waals surface area contributed by atoms with Crippen molar-refractivity contribution in [2.45, 2.75) is 44.7 Å². The SMILES string of the molecule is CCNC(=O)C(CC)N(Cc1ccccc1)C(=O)CN(c1ccc(Cl)c(Cl)c1)S(=O)(=O)c1ccc(C)cc1. The van der Waals surface area contributed by atoms with Crippen LogP contribution in [-0.2, 0) is 26.2 Å². The largest absolute Gasteiger partial charge is 0.355 e. The van der Waals surface area contributed by atoms with Gasteiger partial charge in [-0.05, 0) is 56.2 Å². The molecule has 0 aliphatic carbocycles. The van der Waals surface area contributed by atoms with Crippen LogP contribution < -0.4 is 9.62 Å². The summed E-state index contributed by atoms with van der Waals surface area (Å²) in [5.74, 6) is -0.838. The summed E-state index contributed by atoms with van der Waals surface area (Å²) in [4.78, 5) is 28.3. The van der Waals surface area contributed by atoms with Crippen LogP contribution in [0.1, 0.15) is 31.4 Å². The van der Waals surface area contributed by atoms with Gasteiger partial charge in [-0.3, -0.25) is 13.9 Å². The average Bonchev–Trinajstić information content (AvgIpc) is 2.89. The maximum atomic E-state index is 13.9. The molecular formula is C28H31Cl2N3O4S. The van der Waals surface area contributed by atoms with Crippen molar-refractivity contribution in [1.29, 1.82) is 0 Å². The summed E-state index contributed by atoms with van der Waals surface area (Å²) in [6.07, 6.45) is 0.349. The molecule has 0 fully saturated rings. The van der Waals surface area contributed by atoms with Gasteiger partial charge in [0.1, 0.15) is 12.6 Å². The maximum absolute atomic E-state index is 13.9. The monoisotopic (exact) mass is 575 g/mol. The lowest BCUT2D eigenvalue weighted by Gasteiger charge is -2.33. The third-order valence-corrected chi connectivity index (χ3v) is 8.54. The summed E-state index contributed by atoms with van der Waals surface area (Å²) in [7, 11) is -4.18. The van der Waals surface area contributed by atoms with Crippen molar-refractivity contribution in [1.82, 2.24) is 10.2 Å². The Bertz CT molecular complexity index is 1370. The summed E-state index contributed by atoms with van der Waals surface area (Å²) in [5, 5.41) is 3.18. The summed E-state index contributed by atoms with van der Waals surface area (Å²) in [6.45, 7) is 5.45. The van der Waals surface area contributed by atoms with Gasteiger partial charge in [0.25, 0.3) is 10.0 Å². The Morgan fingerprint density at radius 3 is 2.16 bits per heavy atom. The highest BCUT2D eigenvalue weighted by Crippen LogP contribution is 2.31. The molecule has 0 aliphatic heterocycles. The first kappa shape index (κ1) is 29.5. The number of likely N-dealkylation sites (N-methyl/N-ethyl adjacent to an activating group) is 1. The van der Waals surface area contributed by atoms with Gasteiger partial charge in [0, 0.05) is 13.1 Å². The predicted molar refractivity (Wildman–Crippen MR) is 152 cm³/mol. The molecule has 3 rings (SSSR count). The molecule has 1 atom stereocenters. The Labute approximate surface area is 234 Å². The smallest absolute Gasteiger partial charge is 0.264 e. The molecule has 10 heteroatoms. The van der Waals surface area contributed by atoms with Gasteiger partial charge in [0.2, 0.25) is 11.8 Å². The van der Waals surface area contributed by atoms with E-state index in [2.05, 4.69) is 5.32 Å². The molecule has 1 unspecified atom stereocenters. The fourth-order valence-corrected chi connectivity index (χ4v) is 5.70. The van der Waals surface area contributed by atoms with Gasteiger partial charge in [-0.15, -0.1) is 0 Å². The standard InChI is InChI=1S/C28H31Cl2N3O4S/c1-4-26(28(35)31-5-2)32(18-21-9-7-6-8-10-21)27(34)19-33(22-13-16-24(29)25(30)17-22)38(36,37)23-14-11-20(3)12-15-23/h6-17,26H,4-5,18-19H2,1-3H3,(H,31,35). The van der Waals surface area contributed by atoms with E-state index in [9.17, 15) is 18.0 Å². The van der Waals surface area contributed by atoms with Crippen LogP contribution >= 0.6 is 23.2 Å². The zero-order chi connectivity index (χ0) is 27.9. The van der Waals surface area contributed by atoms with Crippen LogP contribution in [0.5, 0.6) is 0 Å². The summed E-state index contributed by atoms with van der Waals surface area (Å²) >= 11 is 12.3. The van der Waals surface area contributed by atoms with Crippen LogP contribution in [0.15, 0.2) is 77.7 Å². The molecule has 7 nitrogen and oxygen atoms in total. The van der Waals surface area contributed by atoms with Crippen LogP contribution in [0.3, 0.4) is 0 Å². The van der Waals surface area contributed by atoms with Gasteiger partial charge < -0.3 is 10.2 Å². The zero-order valence-electron chi connectivity index (χ0n) is 21.5. The molecule has 3 aromatic carbocycles. The normalized spacial score (nSPS) is 12.0. The summed E-state index contributed by atoms with van der Waals surface area (Å²) in [6, 6.07) is 19.2. The molecule has 0 spiro atoms. The van der Waals surface area contributed by atoms with Gasteiger partial charge in [0.05, 0.1) is 20.6 Å². The Balaban J connectivity index is 2.07. The first-order valence-corrected chi connectivity index (χ1v) is 14.4. The second-order valence-corrected chi connectivity index (χ2v) is 11.4. The van der Waals surface area contributed by atoms with Crippen LogP contribution in [0.25, 0.3) is 0 Å². The first-order chi connectivity index (χ1) is 18.1. The number of hydrogen-bond donors (Lipinski definition) is 1. The Kier molecular flexibility index (Phi) is 10.2. The van der Waals surface area contributed by atoms with E-state index in [1.54, 1.807) is 19.1 Å². The third kappa shape index (κ3) is 7.07. The van der Waals surface area contributed by atoms with Gasteiger partial charge in [-0.1, -0.05) is 78.2 Å². The summed E-state index contributed by atoms with van der Waals surface area (Å²) in [5.41, 5.74) is 1.88. The number of carbonyl (C=O) groups is 2. The lowest BCUT2D eigenvalue weighted by Crippen LogP contribution is -2.52. The van der Waals surface area contributed by atoms with Crippen LogP contribution in [0.2, 0.25) is 10.0 Å². The Morgan fingerprint density at radius 2 is 1.58 bits per heavy atom. The minimum Gasteiger partial charge on any atom is -0.355 e. The molecule has 0 radical (unpaired) electrons.